The lowest BCUT2D eigenvalue weighted by Crippen LogP contribution is -2.02. The topological polar surface area (TPSA) is 26.0 Å². The number of rotatable bonds is 2. The Morgan fingerprint density at radius 1 is 1.27 bits per heavy atom. The van der Waals surface area contributed by atoms with Crippen molar-refractivity contribution in [2.24, 2.45) is 5.73 Å². The Labute approximate surface area is 83.2 Å². The van der Waals surface area contributed by atoms with Crippen LogP contribution < -0.4 is 5.73 Å². The van der Waals surface area contributed by atoms with Crippen LogP contribution in [0.2, 0.25) is 0 Å². The van der Waals surface area contributed by atoms with E-state index in [1.165, 1.54) is 5.56 Å². The maximum Gasteiger partial charge on any atom is 0.0218 e. The first-order valence-electron chi connectivity index (χ1n) is 3.38. The van der Waals surface area contributed by atoms with Gasteiger partial charge in [0.25, 0.3) is 0 Å². The minimum atomic E-state index is 0.695. The molecule has 0 spiro atoms. The van der Waals surface area contributed by atoms with E-state index in [1.807, 2.05) is 12.1 Å². The zero-order chi connectivity index (χ0) is 8.27. The number of halogens is 2. The lowest BCUT2D eigenvalue weighted by Gasteiger charge is -2.01. The number of hydrogen-bond acceptors (Lipinski definition) is 1. The van der Waals surface area contributed by atoms with E-state index in [-0.39, 0.29) is 0 Å². The SMILES string of the molecule is NCCc1ccc(Br)cc1Br. The highest BCUT2D eigenvalue weighted by molar-refractivity contribution is 9.11. The molecular weight excluding hydrogens is 270 g/mol. The lowest BCUT2D eigenvalue weighted by molar-refractivity contribution is 0.963. The normalized spacial score (nSPS) is 10.1. The highest BCUT2D eigenvalue weighted by atomic mass is 79.9. The molecule has 0 saturated carbocycles. The van der Waals surface area contributed by atoms with Gasteiger partial charge in [-0.2, -0.15) is 0 Å². The molecule has 1 aromatic rings. The Kier molecular flexibility index (Phi) is 3.55. The molecule has 2 N–H and O–H groups in total. The average molecular weight is 279 g/mol. The number of benzene rings is 1. The Morgan fingerprint density at radius 2 is 2.00 bits per heavy atom. The van der Waals surface area contributed by atoms with Gasteiger partial charge in [0.2, 0.25) is 0 Å². The van der Waals surface area contributed by atoms with E-state index in [9.17, 15) is 0 Å². The quantitative estimate of drug-likeness (QED) is 0.885. The molecule has 0 aromatic heterocycles. The molecule has 0 saturated heterocycles. The molecule has 0 aliphatic rings. The summed E-state index contributed by atoms with van der Waals surface area (Å²) in [6, 6.07) is 6.13. The summed E-state index contributed by atoms with van der Waals surface area (Å²) in [5, 5.41) is 0. The molecule has 0 fully saturated rings. The van der Waals surface area contributed by atoms with Crippen molar-refractivity contribution >= 4 is 31.9 Å². The first kappa shape index (κ1) is 9.23. The van der Waals surface area contributed by atoms with Crippen LogP contribution in [0.4, 0.5) is 0 Å². The molecule has 0 atom stereocenters. The van der Waals surface area contributed by atoms with Crippen molar-refractivity contribution in [3.63, 3.8) is 0 Å². The van der Waals surface area contributed by atoms with Crippen LogP contribution >= 0.6 is 31.9 Å². The smallest absolute Gasteiger partial charge is 0.0218 e. The fourth-order valence-electron chi connectivity index (χ4n) is 0.880. The van der Waals surface area contributed by atoms with Crippen LogP contribution in [0.25, 0.3) is 0 Å². The Balaban J connectivity index is 2.90. The van der Waals surface area contributed by atoms with Crippen LogP contribution in [0.1, 0.15) is 5.56 Å². The predicted octanol–water partition coefficient (Wildman–Crippen LogP) is 2.71. The third kappa shape index (κ3) is 2.58. The van der Waals surface area contributed by atoms with Gasteiger partial charge >= 0.3 is 0 Å². The largest absolute Gasteiger partial charge is 0.330 e. The van der Waals surface area contributed by atoms with Crippen LogP contribution in [-0.4, -0.2) is 6.54 Å². The van der Waals surface area contributed by atoms with Gasteiger partial charge in [0.05, 0.1) is 0 Å². The summed E-state index contributed by atoms with van der Waals surface area (Å²) in [6.45, 7) is 0.695. The first-order valence-corrected chi connectivity index (χ1v) is 4.96. The third-order valence-electron chi connectivity index (χ3n) is 1.43. The van der Waals surface area contributed by atoms with E-state index in [0.717, 1.165) is 15.4 Å². The summed E-state index contributed by atoms with van der Waals surface area (Å²) in [5.74, 6) is 0. The van der Waals surface area contributed by atoms with Crippen LogP contribution in [0.5, 0.6) is 0 Å². The average Bonchev–Trinajstić information content (AvgIpc) is 1.95. The minimum Gasteiger partial charge on any atom is -0.330 e. The summed E-state index contributed by atoms with van der Waals surface area (Å²) in [4.78, 5) is 0. The third-order valence-corrected chi connectivity index (χ3v) is 2.66. The minimum absolute atomic E-state index is 0.695. The maximum atomic E-state index is 5.43. The molecule has 1 nitrogen and oxygen atoms in total. The molecule has 11 heavy (non-hydrogen) atoms. The highest BCUT2D eigenvalue weighted by Gasteiger charge is 1.97. The Hall–Kier alpha value is 0.140. The summed E-state index contributed by atoms with van der Waals surface area (Å²) in [6.07, 6.45) is 0.924. The maximum absolute atomic E-state index is 5.43. The Bertz CT molecular complexity index is 248. The monoisotopic (exact) mass is 277 g/mol. The fraction of sp³-hybridized carbons (Fsp3) is 0.250. The van der Waals surface area contributed by atoms with Crippen LogP contribution in [0, 0.1) is 0 Å². The molecule has 0 radical (unpaired) electrons. The standard InChI is InChI=1S/C8H9Br2N/c9-7-2-1-6(3-4-11)8(10)5-7/h1-2,5H,3-4,11H2. The molecular formula is C8H9Br2N. The van der Waals surface area contributed by atoms with E-state index in [2.05, 4.69) is 37.9 Å². The van der Waals surface area contributed by atoms with Gasteiger partial charge in [-0.3, -0.25) is 0 Å². The van der Waals surface area contributed by atoms with E-state index in [4.69, 9.17) is 5.73 Å². The highest BCUT2D eigenvalue weighted by Crippen LogP contribution is 2.21. The van der Waals surface area contributed by atoms with Crippen molar-refractivity contribution < 1.29 is 0 Å². The van der Waals surface area contributed by atoms with Gasteiger partial charge < -0.3 is 5.73 Å². The van der Waals surface area contributed by atoms with Crippen molar-refractivity contribution in [1.82, 2.24) is 0 Å². The molecule has 60 valence electrons. The fourth-order valence-corrected chi connectivity index (χ4v) is 2.13. The Morgan fingerprint density at radius 3 is 2.55 bits per heavy atom. The lowest BCUT2D eigenvalue weighted by atomic mass is 10.2. The van der Waals surface area contributed by atoms with Gasteiger partial charge in [0.15, 0.2) is 0 Å². The zero-order valence-electron chi connectivity index (χ0n) is 5.98. The van der Waals surface area contributed by atoms with Crippen molar-refractivity contribution in [2.75, 3.05) is 6.54 Å². The second-order valence-electron chi connectivity index (χ2n) is 2.27. The van der Waals surface area contributed by atoms with Crippen molar-refractivity contribution in [2.45, 2.75) is 6.42 Å². The van der Waals surface area contributed by atoms with E-state index >= 15 is 0 Å². The molecule has 0 heterocycles. The summed E-state index contributed by atoms with van der Waals surface area (Å²) < 4.78 is 2.21. The number of nitrogens with two attached hydrogens (primary N) is 1. The van der Waals surface area contributed by atoms with Crippen LogP contribution in [0.3, 0.4) is 0 Å². The summed E-state index contributed by atoms with van der Waals surface area (Å²) in [5.41, 5.74) is 6.69. The second-order valence-corrected chi connectivity index (χ2v) is 4.04. The van der Waals surface area contributed by atoms with E-state index in [0.29, 0.717) is 6.54 Å². The summed E-state index contributed by atoms with van der Waals surface area (Å²) >= 11 is 6.85. The zero-order valence-corrected chi connectivity index (χ0v) is 9.15. The van der Waals surface area contributed by atoms with Gasteiger partial charge in [-0.1, -0.05) is 37.9 Å². The predicted molar refractivity (Wildman–Crippen MR) is 54.6 cm³/mol. The van der Waals surface area contributed by atoms with Gasteiger partial charge in [0, 0.05) is 8.95 Å². The molecule has 0 amide bonds. The van der Waals surface area contributed by atoms with Crippen LogP contribution in [-0.2, 0) is 6.42 Å². The van der Waals surface area contributed by atoms with Gasteiger partial charge in [-0.25, -0.2) is 0 Å². The molecule has 1 rings (SSSR count). The van der Waals surface area contributed by atoms with Crippen molar-refractivity contribution in [1.29, 1.82) is 0 Å². The van der Waals surface area contributed by atoms with Gasteiger partial charge in [-0.15, -0.1) is 0 Å². The molecule has 3 heteroatoms. The van der Waals surface area contributed by atoms with E-state index < -0.39 is 0 Å². The summed E-state index contributed by atoms with van der Waals surface area (Å²) in [7, 11) is 0. The van der Waals surface area contributed by atoms with Crippen LogP contribution in [0.15, 0.2) is 27.1 Å². The molecule has 0 aliphatic carbocycles. The first-order chi connectivity index (χ1) is 5.24. The molecule has 1 aromatic carbocycles. The molecule has 0 unspecified atom stereocenters. The van der Waals surface area contributed by atoms with E-state index in [1.54, 1.807) is 0 Å². The molecule has 0 bridgehead atoms. The van der Waals surface area contributed by atoms with Crippen molar-refractivity contribution in [3.05, 3.63) is 32.7 Å². The van der Waals surface area contributed by atoms with Gasteiger partial charge in [0.1, 0.15) is 0 Å². The molecule has 0 aliphatic heterocycles. The van der Waals surface area contributed by atoms with Gasteiger partial charge in [-0.05, 0) is 30.7 Å². The number of hydrogen-bond donors (Lipinski definition) is 1. The van der Waals surface area contributed by atoms with Crippen molar-refractivity contribution in [3.8, 4) is 0 Å². The second kappa shape index (κ2) is 4.24.